The molecule has 0 saturated carbocycles. The van der Waals surface area contributed by atoms with Crippen LogP contribution in [0.15, 0.2) is 0 Å². The van der Waals surface area contributed by atoms with E-state index in [1.165, 1.54) is 19.3 Å². The highest BCUT2D eigenvalue weighted by atomic mass is 16.5. The zero-order chi connectivity index (χ0) is 12.3. The third-order valence-electron chi connectivity index (χ3n) is 4.14. The van der Waals surface area contributed by atoms with Gasteiger partial charge >= 0.3 is 0 Å². The summed E-state index contributed by atoms with van der Waals surface area (Å²) >= 11 is 0. The van der Waals surface area contributed by atoms with E-state index in [2.05, 4.69) is 17.3 Å². The molecule has 0 aromatic heterocycles. The van der Waals surface area contributed by atoms with Gasteiger partial charge in [0, 0.05) is 24.7 Å². The van der Waals surface area contributed by atoms with Crippen LogP contribution in [0.3, 0.4) is 0 Å². The van der Waals surface area contributed by atoms with E-state index in [-0.39, 0.29) is 12.5 Å². The molecule has 2 heterocycles. The number of rotatable bonds is 4. The molecule has 0 aliphatic carbocycles. The van der Waals surface area contributed by atoms with Crippen LogP contribution in [0.4, 0.5) is 0 Å². The number of piperidine rings is 2. The lowest BCUT2D eigenvalue weighted by Crippen LogP contribution is -2.55. The van der Waals surface area contributed by atoms with Crippen LogP contribution in [0.2, 0.25) is 0 Å². The predicted octanol–water partition coefficient (Wildman–Crippen LogP) is 1.15. The van der Waals surface area contributed by atoms with Crippen molar-refractivity contribution in [2.75, 3.05) is 20.3 Å². The molecule has 2 atom stereocenters. The normalized spacial score (nSPS) is 33.4. The van der Waals surface area contributed by atoms with Gasteiger partial charge in [0.1, 0.15) is 6.61 Å². The molecule has 2 aliphatic rings. The number of fused-ring (bicyclic) bond motifs is 2. The van der Waals surface area contributed by atoms with Crippen molar-refractivity contribution in [1.29, 1.82) is 0 Å². The molecule has 2 rings (SSSR count). The van der Waals surface area contributed by atoms with E-state index >= 15 is 0 Å². The minimum absolute atomic E-state index is 0.0412. The lowest BCUT2D eigenvalue weighted by Gasteiger charge is -2.47. The maximum atomic E-state index is 11.6. The molecule has 0 radical (unpaired) electrons. The minimum atomic E-state index is 0.0412. The van der Waals surface area contributed by atoms with Gasteiger partial charge in [0.05, 0.1) is 0 Å². The Morgan fingerprint density at radius 1 is 1.35 bits per heavy atom. The third kappa shape index (κ3) is 3.19. The number of hydrogen-bond acceptors (Lipinski definition) is 3. The van der Waals surface area contributed by atoms with Crippen molar-refractivity contribution in [1.82, 2.24) is 10.2 Å². The molecule has 0 aromatic carbocycles. The van der Waals surface area contributed by atoms with Crippen LogP contribution in [0.5, 0.6) is 0 Å². The molecule has 1 N–H and O–H groups in total. The van der Waals surface area contributed by atoms with Crippen molar-refractivity contribution in [2.24, 2.45) is 0 Å². The van der Waals surface area contributed by atoms with Gasteiger partial charge in [0.15, 0.2) is 0 Å². The predicted molar refractivity (Wildman–Crippen MR) is 66.8 cm³/mol. The number of hydrogen-bond donors (Lipinski definition) is 1. The quantitative estimate of drug-likeness (QED) is 0.801. The Labute approximate surface area is 104 Å². The first-order valence-electron chi connectivity index (χ1n) is 6.79. The summed E-state index contributed by atoms with van der Waals surface area (Å²) in [6, 6.07) is 1.69. The summed E-state index contributed by atoms with van der Waals surface area (Å²) in [6.45, 7) is 2.72. The van der Waals surface area contributed by atoms with Crippen LogP contribution in [-0.2, 0) is 9.53 Å². The standard InChI is InChI=1S/C13H24N2O2/c1-3-17-9-13(16)14-10-7-11-5-4-6-12(8-10)15(11)2/h10-12H,3-9H2,1-2H3,(H,14,16). The second-order valence-electron chi connectivity index (χ2n) is 5.28. The maximum absolute atomic E-state index is 11.6. The summed E-state index contributed by atoms with van der Waals surface area (Å²) < 4.78 is 5.13. The smallest absolute Gasteiger partial charge is 0.246 e. The zero-order valence-corrected chi connectivity index (χ0v) is 10.9. The van der Waals surface area contributed by atoms with E-state index in [1.807, 2.05) is 6.92 Å². The number of amides is 1. The second kappa shape index (κ2) is 5.83. The molecule has 2 unspecified atom stereocenters. The third-order valence-corrected chi connectivity index (χ3v) is 4.14. The van der Waals surface area contributed by atoms with Gasteiger partial charge < -0.3 is 15.0 Å². The molecule has 0 aromatic rings. The molecule has 98 valence electrons. The first kappa shape index (κ1) is 12.8. The molecule has 17 heavy (non-hydrogen) atoms. The first-order chi connectivity index (χ1) is 8.20. The van der Waals surface area contributed by atoms with E-state index in [0.717, 1.165) is 12.8 Å². The Kier molecular flexibility index (Phi) is 4.40. The van der Waals surface area contributed by atoms with Gasteiger partial charge in [0.2, 0.25) is 5.91 Å². The van der Waals surface area contributed by atoms with Gasteiger partial charge in [-0.1, -0.05) is 6.42 Å². The van der Waals surface area contributed by atoms with Crippen molar-refractivity contribution >= 4 is 5.91 Å². The summed E-state index contributed by atoms with van der Waals surface area (Å²) in [6.07, 6.45) is 6.12. The number of ether oxygens (including phenoxy) is 1. The molecule has 2 fully saturated rings. The highest BCUT2D eigenvalue weighted by molar-refractivity contribution is 5.77. The summed E-state index contributed by atoms with van der Waals surface area (Å²) in [4.78, 5) is 14.1. The highest BCUT2D eigenvalue weighted by Crippen LogP contribution is 2.32. The molecule has 4 nitrogen and oxygen atoms in total. The van der Waals surface area contributed by atoms with Gasteiger partial charge in [-0.05, 0) is 39.7 Å². The lowest BCUT2D eigenvalue weighted by molar-refractivity contribution is -0.127. The van der Waals surface area contributed by atoms with Crippen molar-refractivity contribution in [2.45, 2.75) is 57.2 Å². The number of nitrogens with zero attached hydrogens (tertiary/aromatic N) is 1. The fourth-order valence-electron chi connectivity index (χ4n) is 3.20. The number of nitrogens with one attached hydrogen (secondary N) is 1. The Hall–Kier alpha value is -0.610. The molecular formula is C13H24N2O2. The summed E-state index contributed by atoms with van der Waals surface area (Å²) in [5.74, 6) is 0.0412. The van der Waals surface area contributed by atoms with Gasteiger partial charge in [-0.3, -0.25) is 4.79 Å². The van der Waals surface area contributed by atoms with Gasteiger partial charge in [-0.25, -0.2) is 0 Å². The Balaban J connectivity index is 1.81. The SMILES string of the molecule is CCOCC(=O)NC1CC2CCCC(C1)N2C. The summed E-state index contributed by atoms with van der Waals surface area (Å²) in [7, 11) is 2.23. The molecule has 2 aliphatic heterocycles. The van der Waals surface area contributed by atoms with Crippen LogP contribution in [0.25, 0.3) is 0 Å². The lowest BCUT2D eigenvalue weighted by atomic mass is 9.82. The summed E-state index contributed by atoms with van der Waals surface area (Å²) in [5.41, 5.74) is 0. The topological polar surface area (TPSA) is 41.6 Å². The van der Waals surface area contributed by atoms with Crippen LogP contribution in [0, 0.1) is 0 Å². The zero-order valence-electron chi connectivity index (χ0n) is 10.9. The fraction of sp³-hybridized carbons (Fsp3) is 0.923. The summed E-state index contributed by atoms with van der Waals surface area (Å²) in [5, 5.41) is 3.11. The molecular weight excluding hydrogens is 216 g/mol. The van der Waals surface area contributed by atoms with Crippen molar-refractivity contribution in [3.63, 3.8) is 0 Å². The average molecular weight is 240 g/mol. The van der Waals surface area contributed by atoms with Crippen LogP contribution >= 0.6 is 0 Å². The Morgan fingerprint density at radius 2 is 2.00 bits per heavy atom. The van der Waals surface area contributed by atoms with Crippen LogP contribution in [0.1, 0.15) is 39.0 Å². The number of carbonyl (C=O) groups excluding carboxylic acids is 1. The minimum Gasteiger partial charge on any atom is -0.372 e. The largest absolute Gasteiger partial charge is 0.372 e. The molecule has 2 saturated heterocycles. The number of carbonyl (C=O) groups is 1. The Bertz CT molecular complexity index is 256. The van der Waals surface area contributed by atoms with E-state index in [9.17, 15) is 4.79 Å². The van der Waals surface area contributed by atoms with Crippen LogP contribution in [-0.4, -0.2) is 49.2 Å². The Morgan fingerprint density at radius 3 is 2.59 bits per heavy atom. The first-order valence-corrected chi connectivity index (χ1v) is 6.79. The molecule has 2 bridgehead atoms. The van der Waals surface area contributed by atoms with E-state index < -0.39 is 0 Å². The molecule has 0 spiro atoms. The monoisotopic (exact) mass is 240 g/mol. The average Bonchev–Trinajstić information content (AvgIpc) is 2.28. The molecule has 4 heteroatoms. The maximum Gasteiger partial charge on any atom is 0.246 e. The second-order valence-corrected chi connectivity index (χ2v) is 5.28. The van der Waals surface area contributed by atoms with E-state index in [1.54, 1.807) is 0 Å². The van der Waals surface area contributed by atoms with Crippen molar-refractivity contribution in [3.8, 4) is 0 Å². The van der Waals surface area contributed by atoms with Crippen LogP contribution < -0.4 is 5.32 Å². The highest BCUT2D eigenvalue weighted by Gasteiger charge is 2.36. The van der Waals surface area contributed by atoms with Gasteiger partial charge in [0.25, 0.3) is 0 Å². The van der Waals surface area contributed by atoms with E-state index in [4.69, 9.17) is 4.74 Å². The van der Waals surface area contributed by atoms with Gasteiger partial charge in [-0.15, -0.1) is 0 Å². The van der Waals surface area contributed by atoms with Crippen molar-refractivity contribution in [3.05, 3.63) is 0 Å². The van der Waals surface area contributed by atoms with Crippen molar-refractivity contribution < 1.29 is 9.53 Å². The van der Waals surface area contributed by atoms with Gasteiger partial charge in [-0.2, -0.15) is 0 Å². The molecule has 1 amide bonds. The fourth-order valence-corrected chi connectivity index (χ4v) is 3.20. The van der Waals surface area contributed by atoms with E-state index in [0.29, 0.717) is 24.7 Å².